The highest BCUT2D eigenvalue weighted by atomic mass is 16.5. The minimum atomic E-state index is -0.674. The van der Waals surface area contributed by atoms with Crippen molar-refractivity contribution < 1.29 is 40.2 Å². The Morgan fingerprint density at radius 3 is 1.11 bits per heavy atom. The molecule has 8 heteroatoms. The molecule has 0 aliphatic carbocycles. The van der Waals surface area contributed by atoms with Crippen molar-refractivity contribution in [2.24, 2.45) is 10.8 Å². The summed E-state index contributed by atoms with van der Waals surface area (Å²) in [6, 6.07) is 61.4. The van der Waals surface area contributed by atoms with Crippen molar-refractivity contribution in [2.75, 3.05) is 13.2 Å². The predicted molar refractivity (Wildman–Crippen MR) is 481 cm³/mol. The van der Waals surface area contributed by atoms with Gasteiger partial charge in [-0.1, -0.05) is 363 Å². The van der Waals surface area contributed by atoms with Gasteiger partial charge in [0.05, 0.1) is 35.6 Å². The van der Waals surface area contributed by atoms with E-state index in [0.29, 0.717) is 6.61 Å². The van der Waals surface area contributed by atoms with Crippen LogP contribution in [-0.2, 0) is 78.5 Å². The molecular formula is C104H162O8. The standard InChI is InChI=1S/C20H34O.C19H24O.C17H26O2.C17H28O2.C16H26O.C15H24O/c1-4-6-8-9-10-11-16-20(3,21)19-15-12-14-18(17-19)13-7-5-2;1-2-3-8-16-9-7-10-17(15-16)13-14-19(20)18-11-5-4-6-12-18;1-5-6-8-15-9-7-10-16(11-15)12-17(3,4)13-19-14(2)18;1-4-8-16(18)15-10-7-9-14(13-15)11-12-17(19,5-2)6-3;1-4-6-9-14-10-8-11-15(13-14)16(3,17)12-7-5-2;1-4-5-7-13-8-6-9-14(10-13)11-15(2,3)12-16/h12,14-15,17,21H,4-11,13,16H2,1-3H3;4-7,9-12,15,19-20H,2-3,8,13-14H2,1H3;7,9-11H,5-6,8,12-13H2,1-4H3;7,9-10,13,16,18-19H,4-6,8,11-12H2,1-3H3;8,10-11,13,17H,4-7,9,12H2,1-3H3;6,8-10,16H,4-5,7,11-12H2,1-3H3. The molecule has 4 unspecified atom stereocenters. The molecule has 0 aliphatic heterocycles. The number of carbonyl (C=O) groups excluding carboxylic acids is 1. The van der Waals surface area contributed by atoms with Crippen molar-refractivity contribution in [3.8, 4) is 0 Å². The second-order valence-electron chi connectivity index (χ2n) is 34.1. The Kier molecular flexibility index (Phi) is 53.3. The molecule has 112 heavy (non-hydrogen) atoms. The zero-order valence-electron chi connectivity index (χ0n) is 74.1. The minimum absolute atomic E-state index is 0.0105. The van der Waals surface area contributed by atoms with Gasteiger partial charge in [0.15, 0.2) is 0 Å². The summed E-state index contributed by atoms with van der Waals surface area (Å²) in [6.45, 7) is 36.2. The number of aliphatic hydroxyl groups is 6. The predicted octanol–water partition coefficient (Wildman–Crippen LogP) is 26.9. The number of hydrogen-bond donors (Lipinski definition) is 6. The molecule has 0 saturated heterocycles. The van der Waals surface area contributed by atoms with E-state index in [0.717, 1.165) is 144 Å². The van der Waals surface area contributed by atoms with Gasteiger partial charge in [-0.2, -0.15) is 0 Å². The first-order valence-electron chi connectivity index (χ1n) is 44.4. The maximum atomic E-state index is 10.9. The van der Waals surface area contributed by atoms with Crippen LogP contribution in [0.2, 0.25) is 0 Å². The molecule has 4 atom stereocenters. The Bertz CT molecular complexity index is 3490. The fourth-order valence-corrected chi connectivity index (χ4v) is 13.8. The van der Waals surface area contributed by atoms with Gasteiger partial charge in [-0.15, -0.1) is 0 Å². The molecule has 0 aromatic heterocycles. The molecule has 0 amide bonds. The summed E-state index contributed by atoms with van der Waals surface area (Å²) in [5.41, 5.74) is 14.4. The largest absolute Gasteiger partial charge is 0.465 e. The molecule has 0 fully saturated rings. The van der Waals surface area contributed by atoms with Gasteiger partial charge in [0.1, 0.15) is 0 Å². The molecule has 7 rings (SSSR count). The van der Waals surface area contributed by atoms with Gasteiger partial charge in [0, 0.05) is 18.9 Å². The van der Waals surface area contributed by atoms with E-state index in [-0.39, 0.29) is 35.6 Å². The third-order valence-corrected chi connectivity index (χ3v) is 21.6. The monoisotopic (exact) mass is 1540 g/mol. The Labute approximate surface area is 685 Å². The smallest absolute Gasteiger partial charge is 0.302 e. The molecule has 0 bridgehead atoms. The molecule has 7 aromatic carbocycles. The first-order chi connectivity index (χ1) is 53.5. The minimum Gasteiger partial charge on any atom is -0.465 e. The first kappa shape index (κ1) is 102. The topological polar surface area (TPSA) is 148 Å². The third-order valence-electron chi connectivity index (χ3n) is 21.6. The van der Waals surface area contributed by atoms with Crippen molar-refractivity contribution in [3.05, 3.63) is 248 Å². The van der Waals surface area contributed by atoms with Crippen LogP contribution in [0.1, 0.15) is 369 Å². The van der Waals surface area contributed by atoms with E-state index in [1.54, 1.807) is 0 Å². The van der Waals surface area contributed by atoms with Crippen LogP contribution in [0.15, 0.2) is 176 Å². The fourth-order valence-electron chi connectivity index (χ4n) is 13.8. The van der Waals surface area contributed by atoms with Crippen LogP contribution < -0.4 is 0 Å². The second kappa shape index (κ2) is 58.6. The zero-order chi connectivity index (χ0) is 83.1. The summed E-state index contributed by atoms with van der Waals surface area (Å²) < 4.78 is 5.14. The lowest BCUT2D eigenvalue weighted by molar-refractivity contribution is -0.143. The summed E-state index contributed by atoms with van der Waals surface area (Å²) in [6.07, 6.45) is 37.5. The van der Waals surface area contributed by atoms with Crippen LogP contribution in [-0.4, -0.2) is 55.4 Å². The summed E-state index contributed by atoms with van der Waals surface area (Å²) >= 11 is 0. The van der Waals surface area contributed by atoms with Crippen molar-refractivity contribution in [1.82, 2.24) is 0 Å². The highest BCUT2D eigenvalue weighted by molar-refractivity contribution is 5.65. The Morgan fingerprint density at radius 2 is 0.688 bits per heavy atom. The molecule has 0 radical (unpaired) electrons. The summed E-state index contributed by atoms with van der Waals surface area (Å²) in [7, 11) is 0. The van der Waals surface area contributed by atoms with E-state index in [1.807, 2.05) is 76.2 Å². The zero-order valence-corrected chi connectivity index (χ0v) is 74.1. The molecule has 0 aliphatic rings. The molecule has 7 aromatic rings. The van der Waals surface area contributed by atoms with Crippen LogP contribution in [0.25, 0.3) is 0 Å². The quantitative estimate of drug-likeness (QED) is 0.0163. The number of carbonyl (C=O) groups is 1. The van der Waals surface area contributed by atoms with Crippen molar-refractivity contribution >= 4 is 5.97 Å². The van der Waals surface area contributed by atoms with Crippen LogP contribution in [0.3, 0.4) is 0 Å². The third kappa shape index (κ3) is 45.8. The van der Waals surface area contributed by atoms with E-state index >= 15 is 0 Å². The first-order valence-corrected chi connectivity index (χ1v) is 44.4. The van der Waals surface area contributed by atoms with Gasteiger partial charge in [-0.3, -0.25) is 4.79 Å². The van der Waals surface area contributed by atoms with Gasteiger partial charge < -0.3 is 35.4 Å². The van der Waals surface area contributed by atoms with Crippen LogP contribution >= 0.6 is 0 Å². The second-order valence-corrected chi connectivity index (χ2v) is 34.1. The van der Waals surface area contributed by atoms with E-state index in [1.165, 1.54) is 160 Å². The van der Waals surface area contributed by atoms with Gasteiger partial charge >= 0.3 is 5.97 Å². The van der Waals surface area contributed by atoms with E-state index in [4.69, 9.17) is 4.74 Å². The highest BCUT2D eigenvalue weighted by Crippen LogP contribution is 2.32. The van der Waals surface area contributed by atoms with Crippen molar-refractivity contribution in [3.63, 3.8) is 0 Å². The van der Waals surface area contributed by atoms with Crippen LogP contribution in [0.5, 0.6) is 0 Å². The molecule has 0 spiro atoms. The Balaban J connectivity index is 0.000000457. The molecule has 8 nitrogen and oxygen atoms in total. The SMILES string of the molecule is CCCC(O)c1cccc(CCC(O)(CC)CC)c1.CCCCCCCCC(C)(O)c1cccc(CCCC)c1.CCCCc1cccc(C(C)(O)CCCC)c1.CCCCc1cccc(CC(C)(C)CO)c1.CCCCc1cccc(CC(C)(C)COC(C)=O)c1.CCCCc1cccc(CCC(O)c2ccccc2)c1. The molecular weight excluding hydrogens is 1380 g/mol. The van der Waals surface area contributed by atoms with E-state index in [2.05, 4.69) is 210 Å². The van der Waals surface area contributed by atoms with Gasteiger partial charge in [0.25, 0.3) is 0 Å². The molecule has 0 saturated carbocycles. The summed E-state index contributed by atoms with van der Waals surface area (Å²) in [5.74, 6) is -0.204. The lowest BCUT2D eigenvalue weighted by atomic mass is 9.86. The lowest BCUT2D eigenvalue weighted by Gasteiger charge is -2.25. The molecule has 626 valence electrons. The number of unbranched alkanes of at least 4 members (excludes halogenated alkanes) is 11. The van der Waals surface area contributed by atoms with Crippen molar-refractivity contribution in [1.29, 1.82) is 0 Å². The number of esters is 1. The number of hydrogen-bond acceptors (Lipinski definition) is 8. The summed E-state index contributed by atoms with van der Waals surface area (Å²) in [5, 5.41) is 61.0. The van der Waals surface area contributed by atoms with Crippen LogP contribution in [0, 0.1) is 10.8 Å². The normalized spacial score (nSPS) is 13.0. The highest BCUT2D eigenvalue weighted by Gasteiger charge is 2.26. The number of benzene rings is 7. The van der Waals surface area contributed by atoms with Gasteiger partial charge in [0.2, 0.25) is 0 Å². The van der Waals surface area contributed by atoms with E-state index < -0.39 is 16.8 Å². The Morgan fingerprint density at radius 1 is 0.339 bits per heavy atom. The molecule has 0 heterocycles. The van der Waals surface area contributed by atoms with Gasteiger partial charge in [-0.05, 0) is 226 Å². The number of rotatable bonds is 46. The maximum absolute atomic E-state index is 10.9. The number of ether oxygens (including phenoxy) is 1. The molecule has 6 N–H and O–H groups in total. The number of aryl methyl sites for hydroxylation is 7. The maximum Gasteiger partial charge on any atom is 0.302 e. The average Bonchev–Trinajstić information content (AvgIpc) is 0.845. The number of aliphatic hydroxyl groups excluding tert-OH is 3. The van der Waals surface area contributed by atoms with Gasteiger partial charge in [-0.25, -0.2) is 0 Å². The Hall–Kier alpha value is -6.23. The van der Waals surface area contributed by atoms with Crippen molar-refractivity contribution in [2.45, 2.75) is 371 Å². The van der Waals surface area contributed by atoms with Crippen LogP contribution in [0.4, 0.5) is 0 Å². The average molecular weight is 1540 g/mol. The van der Waals surface area contributed by atoms with E-state index in [9.17, 15) is 35.4 Å². The summed E-state index contributed by atoms with van der Waals surface area (Å²) in [4.78, 5) is 10.9. The lowest BCUT2D eigenvalue weighted by Crippen LogP contribution is -2.27. The fraction of sp³-hybridized carbons (Fsp3) is 0.587.